The predicted octanol–water partition coefficient (Wildman–Crippen LogP) is 4.18. The van der Waals surface area contributed by atoms with E-state index >= 15 is 0 Å². The van der Waals surface area contributed by atoms with Crippen LogP contribution in [0.25, 0.3) is 5.65 Å². The van der Waals surface area contributed by atoms with Crippen LogP contribution in [-0.2, 0) is 0 Å². The van der Waals surface area contributed by atoms with E-state index < -0.39 is 12.2 Å². The van der Waals surface area contributed by atoms with Crippen LogP contribution in [0.5, 0.6) is 0 Å². The minimum Gasteiger partial charge on any atom is -0.339 e. The third-order valence-corrected chi connectivity index (χ3v) is 4.13. The van der Waals surface area contributed by atoms with Crippen molar-refractivity contribution in [2.24, 2.45) is 0 Å². The summed E-state index contributed by atoms with van der Waals surface area (Å²) >= 11 is 7.67. The lowest BCUT2D eigenvalue weighted by atomic mass is 10.3. The fraction of sp³-hybridized carbons (Fsp3) is 0.154. The number of hydrogen-bond acceptors (Lipinski definition) is 5. The van der Waals surface area contributed by atoms with E-state index in [0.29, 0.717) is 16.5 Å². The molecule has 2 aromatic heterocycles. The molecule has 1 aromatic carbocycles. The number of aromatic nitrogens is 4. The Morgan fingerprint density at radius 3 is 2.73 bits per heavy atom. The number of alkyl halides is 2. The first kappa shape index (κ1) is 15.0. The molecule has 22 heavy (non-hydrogen) atoms. The first-order chi connectivity index (χ1) is 10.6. The molecular weight excluding hydrogens is 332 g/mol. The smallest absolute Gasteiger partial charge is 0.299 e. The van der Waals surface area contributed by atoms with E-state index in [2.05, 4.69) is 20.6 Å². The zero-order chi connectivity index (χ0) is 15.7. The average Bonchev–Trinajstić information content (AvgIpc) is 2.91. The summed E-state index contributed by atoms with van der Waals surface area (Å²) in [5.74, 6) is -0.100. The minimum absolute atomic E-state index is 0.261. The first-order valence-corrected chi connectivity index (χ1v) is 7.80. The van der Waals surface area contributed by atoms with Crippen LogP contribution in [0.2, 0.25) is 5.02 Å². The topological polar surface area (TPSA) is 55.1 Å². The highest BCUT2D eigenvalue weighted by Gasteiger charge is 2.17. The maximum absolute atomic E-state index is 12.8. The van der Waals surface area contributed by atoms with E-state index in [1.165, 1.54) is 11.8 Å². The molecule has 2 heterocycles. The van der Waals surface area contributed by atoms with Gasteiger partial charge in [0.1, 0.15) is 0 Å². The fourth-order valence-corrected chi connectivity index (χ4v) is 2.77. The number of hydrogen-bond donors (Lipinski definition) is 1. The van der Waals surface area contributed by atoms with Gasteiger partial charge in [-0.2, -0.15) is 4.52 Å². The van der Waals surface area contributed by atoms with Crippen molar-refractivity contribution in [3.05, 3.63) is 41.2 Å². The van der Waals surface area contributed by atoms with Crippen molar-refractivity contribution in [1.82, 2.24) is 19.8 Å². The second-order valence-corrected chi connectivity index (χ2v) is 5.58. The Morgan fingerprint density at radius 2 is 2.05 bits per heavy atom. The van der Waals surface area contributed by atoms with Crippen LogP contribution in [0.4, 0.5) is 20.3 Å². The molecule has 1 N–H and O–H groups in total. The van der Waals surface area contributed by atoms with Gasteiger partial charge in [0.25, 0.3) is 6.43 Å². The van der Waals surface area contributed by atoms with Gasteiger partial charge in [0.05, 0.1) is 5.02 Å². The summed E-state index contributed by atoms with van der Waals surface area (Å²) < 4.78 is 26.7. The zero-order valence-corrected chi connectivity index (χ0v) is 12.9. The summed E-state index contributed by atoms with van der Waals surface area (Å²) in [5, 5.41) is 14.8. The molecule has 0 bridgehead atoms. The molecule has 9 heteroatoms. The van der Waals surface area contributed by atoms with Crippen molar-refractivity contribution in [3.8, 4) is 0 Å². The molecule has 0 spiro atoms. The monoisotopic (exact) mass is 341 g/mol. The highest BCUT2D eigenvalue weighted by Crippen LogP contribution is 2.29. The second-order valence-electron chi connectivity index (χ2n) is 4.32. The van der Waals surface area contributed by atoms with E-state index in [1.807, 2.05) is 18.4 Å². The molecule has 3 rings (SSSR count). The van der Waals surface area contributed by atoms with Crippen LogP contribution in [0.1, 0.15) is 12.2 Å². The maximum atomic E-state index is 12.8. The third kappa shape index (κ3) is 2.84. The van der Waals surface area contributed by atoms with Gasteiger partial charge < -0.3 is 5.32 Å². The second kappa shape index (κ2) is 6.05. The van der Waals surface area contributed by atoms with E-state index in [1.54, 1.807) is 18.2 Å². The summed E-state index contributed by atoms with van der Waals surface area (Å²) in [6, 6.07) is 8.65. The van der Waals surface area contributed by atoms with Crippen LogP contribution in [-0.4, -0.2) is 26.1 Å². The van der Waals surface area contributed by atoms with Crippen LogP contribution >= 0.6 is 23.4 Å². The zero-order valence-electron chi connectivity index (χ0n) is 11.3. The number of halogens is 3. The Morgan fingerprint density at radius 1 is 1.23 bits per heavy atom. The van der Waals surface area contributed by atoms with E-state index in [-0.39, 0.29) is 5.65 Å². The van der Waals surface area contributed by atoms with Gasteiger partial charge in [-0.15, -0.1) is 27.1 Å². The summed E-state index contributed by atoms with van der Waals surface area (Å²) in [5.41, 5.74) is 0.970. The number of benzene rings is 1. The molecule has 0 aliphatic heterocycles. The van der Waals surface area contributed by atoms with E-state index in [4.69, 9.17) is 11.6 Å². The van der Waals surface area contributed by atoms with Crippen molar-refractivity contribution in [3.63, 3.8) is 0 Å². The molecule has 0 aliphatic carbocycles. The van der Waals surface area contributed by atoms with Gasteiger partial charge in [0.15, 0.2) is 11.5 Å². The molecule has 0 saturated heterocycles. The van der Waals surface area contributed by atoms with Gasteiger partial charge in [-0.3, -0.25) is 0 Å². The molecule has 114 valence electrons. The Labute approximate surface area is 133 Å². The summed E-state index contributed by atoms with van der Waals surface area (Å²) in [6.07, 6.45) is -0.810. The minimum atomic E-state index is -2.74. The maximum Gasteiger partial charge on any atom is 0.299 e. The number of nitrogens with one attached hydrogen (secondary N) is 1. The molecule has 0 aliphatic rings. The average molecular weight is 342 g/mol. The van der Waals surface area contributed by atoms with Crippen molar-refractivity contribution in [2.45, 2.75) is 11.3 Å². The fourth-order valence-electron chi connectivity index (χ4n) is 1.90. The molecular formula is C13H10ClF2N5S. The van der Waals surface area contributed by atoms with E-state index in [9.17, 15) is 8.78 Å². The Balaban J connectivity index is 1.93. The highest BCUT2D eigenvalue weighted by atomic mass is 35.5. The summed E-state index contributed by atoms with van der Waals surface area (Å²) in [6.45, 7) is 0. The molecule has 3 aromatic rings. The Bertz CT molecular complexity index is 823. The summed E-state index contributed by atoms with van der Waals surface area (Å²) in [4.78, 5) is 0.953. The van der Waals surface area contributed by atoms with Gasteiger partial charge in [-0.05, 0) is 36.6 Å². The Hall–Kier alpha value is -1.93. The lowest BCUT2D eigenvalue weighted by Crippen LogP contribution is -2.03. The van der Waals surface area contributed by atoms with Crippen molar-refractivity contribution < 1.29 is 8.78 Å². The van der Waals surface area contributed by atoms with Gasteiger partial charge in [0, 0.05) is 10.6 Å². The standard InChI is InChI=1S/C13H10ClF2N5S/c1-22-9-3-2-7(6-8(9)14)17-10-4-5-11-18-19-13(12(15)16)21(11)20-10/h2-6,12H,1H3,(H,17,20). The van der Waals surface area contributed by atoms with Crippen molar-refractivity contribution in [1.29, 1.82) is 0 Å². The number of fused-ring (bicyclic) bond motifs is 1. The Kier molecular flexibility index (Phi) is 4.12. The highest BCUT2D eigenvalue weighted by molar-refractivity contribution is 7.98. The van der Waals surface area contributed by atoms with Crippen LogP contribution in [0, 0.1) is 0 Å². The first-order valence-electron chi connectivity index (χ1n) is 6.19. The molecule has 0 saturated carbocycles. The lowest BCUT2D eigenvalue weighted by molar-refractivity contribution is 0.137. The number of rotatable bonds is 4. The van der Waals surface area contributed by atoms with Gasteiger partial charge in [0.2, 0.25) is 5.82 Å². The van der Waals surface area contributed by atoms with Crippen LogP contribution in [0.3, 0.4) is 0 Å². The largest absolute Gasteiger partial charge is 0.339 e. The van der Waals surface area contributed by atoms with Crippen LogP contribution < -0.4 is 5.32 Å². The molecule has 0 unspecified atom stereocenters. The molecule has 0 atom stereocenters. The number of anilines is 2. The van der Waals surface area contributed by atoms with Crippen LogP contribution in [0.15, 0.2) is 35.2 Å². The number of nitrogens with zero attached hydrogens (tertiary/aromatic N) is 4. The van der Waals surface area contributed by atoms with Crippen molar-refractivity contribution >= 4 is 40.5 Å². The lowest BCUT2D eigenvalue weighted by Gasteiger charge is -2.08. The third-order valence-electron chi connectivity index (χ3n) is 2.91. The van der Waals surface area contributed by atoms with Gasteiger partial charge in [-0.1, -0.05) is 11.6 Å². The van der Waals surface area contributed by atoms with Gasteiger partial charge in [-0.25, -0.2) is 8.78 Å². The summed E-state index contributed by atoms with van der Waals surface area (Å²) in [7, 11) is 0. The van der Waals surface area contributed by atoms with Gasteiger partial charge >= 0.3 is 0 Å². The predicted molar refractivity (Wildman–Crippen MR) is 82.3 cm³/mol. The molecule has 0 amide bonds. The molecule has 0 radical (unpaired) electrons. The van der Waals surface area contributed by atoms with Crippen molar-refractivity contribution in [2.75, 3.05) is 11.6 Å². The number of thioether (sulfide) groups is 1. The normalized spacial score (nSPS) is 11.3. The molecule has 5 nitrogen and oxygen atoms in total. The molecule has 0 fully saturated rings. The van der Waals surface area contributed by atoms with E-state index in [0.717, 1.165) is 9.41 Å². The SMILES string of the molecule is CSc1ccc(Nc2ccc3nnc(C(F)F)n3n2)cc1Cl. The quantitative estimate of drug-likeness (QED) is 0.721.